The van der Waals surface area contributed by atoms with E-state index in [9.17, 15) is 0 Å². The summed E-state index contributed by atoms with van der Waals surface area (Å²) in [5.41, 5.74) is 1.59. The Kier molecular flexibility index (Phi) is 10.6. The van der Waals surface area contributed by atoms with Crippen molar-refractivity contribution in [3.8, 4) is 0 Å². The molecule has 3 nitrogen and oxygen atoms in total. The molecule has 0 unspecified atom stereocenters. The lowest BCUT2D eigenvalue weighted by atomic mass is 9.84. The fourth-order valence-corrected chi connectivity index (χ4v) is 12.9. The van der Waals surface area contributed by atoms with Crippen molar-refractivity contribution in [1.82, 2.24) is 0 Å². The van der Waals surface area contributed by atoms with Gasteiger partial charge in [-0.25, -0.2) is 0 Å². The molecule has 176 valence electrons. The molecular formula is C23H54O3Si3. The van der Waals surface area contributed by atoms with E-state index in [1.54, 1.807) is 0 Å². The lowest BCUT2D eigenvalue weighted by molar-refractivity contribution is -0.0731. The Hall–Kier alpha value is 0.531. The van der Waals surface area contributed by atoms with Crippen molar-refractivity contribution in [2.75, 3.05) is 0 Å². The van der Waals surface area contributed by atoms with E-state index in [1.165, 1.54) is 0 Å². The second-order valence-electron chi connectivity index (χ2n) is 12.9. The quantitative estimate of drug-likeness (QED) is 0.291. The third-order valence-corrected chi connectivity index (χ3v) is 13.8. The maximum atomic E-state index is 7.40. The molecule has 0 aromatic rings. The van der Waals surface area contributed by atoms with E-state index in [4.69, 9.17) is 13.3 Å². The lowest BCUT2D eigenvalue weighted by Gasteiger charge is -2.51. The molecule has 0 heterocycles. The standard InChI is InChI=1S/C23H54O3Si3/c1-17(2)29(18(3)4,19(5)6)25-21(20(7)24-27(11,12)13)22(23(8,9)10)26-28(14,15)16/h17-22H,1-16H3/t20-,21+,22+/m0/s1. The average molecular weight is 463 g/mol. The van der Waals surface area contributed by atoms with Gasteiger partial charge in [-0.1, -0.05) is 62.3 Å². The summed E-state index contributed by atoms with van der Waals surface area (Å²) in [7, 11) is -5.55. The molecule has 0 radical (unpaired) electrons. The highest BCUT2D eigenvalue weighted by molar-refractivity contribution is 6.77. The SMILES string of the molecule is CC(C)[Si](O[C@H]([C@H](C)O[Si](C)(C)C)[C@@H](O[Si](C)(C)C)C(C)(C)C)(C(C)C)C(C)C. The summed E-state index contributed by atoms with van der Waals surface area (Å²) >= 11 is 0. The molecule has 29 heavy (non-hydrogen) atoms. The molecule has 0 aromatic carbocycles. The lowest BCUT2D eigenvalue weighted by Crippen LogP contribution is -2.60. The summed E-state index contributed by atoms with van der Waals surface area (Å²) in [6.07, 6.45) is -0.0127. The van der Waals surface area contributed by atoms with Crippen molar-refractivity contribution in [3.63, 3.8) is 0 Å². The molecule has 0 aliphatic rings. The van der Waals surface area contributed by atoms with Crippen molar-refractivity contribution >= 4 is 25.0 Å². The van der Waals surface area contributed by atoms with E-state index in [0.717, 1.165) is 0 Å². The molecule has 0 spiro atoms. The second kappa shape index (κ2) is 10.4. The Balaban J connectivity index is 6.47. The van der Waals surface area contributed by atoms with E-state index in [2.05, 4.69) is 109 Å². The first kappa shape index (κ1) is 29.5. The molecule has 0 N–H and O–H groups in total. The minimum absolute atomic E-state index is 0.0173. The minimum atomic E-state index is -2.07. The van der Waals surface area contributed by atoms with Crippen molar-refractivity contribution < 1.29 is 13.3 Å². The molecule has 0 bridgehead atoms. The van der Waals surface area contributed by atoms with E-state index in [0.29, 0.717) is 16.6 Å². The first-order chi connectivity index (χ1) is 12.6. The van der Waals surface area contributed by atoms with Crippen LogP contribution in [-0.2, 0) is 13.3 Å². The second-order valence-corrected chi connectivity index (χ2v) is 27.2. The predicted octanol–water partition coefficient (Wildman–Crippen LogP) is 8.05. The summed E-state index contributed by atoms with van der Waals surface area (Å²) in [5, 5.41) is 0. The van der Waals surface area contributed by atoms with E-state index >= 15 is 0 Å². The molecule has 0 saturated carbocycles. The molecule has 0 rings (SSSR count). The van der Waals surface area contributed by atoms with Gasteiger partial charge < -0.3 is 13.3 Å². The van der Waals surface area contributed by atoms with Gasteiger partial charge in [0.15, 0.2) is 16.6 Å². The Morgan fingerprint density at radius 2 is 0.897 bits per heavy atom. The maximum absolute atomic E-state index is 7.40. The number of hydrogen-bond acceptors (Lipinski definition) is 3. The van der Waals surface area contributed by atoms with Crippen LogP contribution in [0.15, 0.2) is 0 Å². The fraction of sp³-hybridized carbons (Fsp3) is 1.00. The Morgan fingerprint density at radius 3 is 1.14 bits per heavy atom. The van der Waals surface area contributed by atoms with Gasteiger partial charge in [0.05, 0.1) is 18.3 Å². The third kappa shape index (κ3) is 8.89. The van der Waals surface area contributed by atoms with E-state index < -0.39 is 25.0 Å². The minimum Gasteiger partial charge on any atom is -0.412 e. The fourth-order valence-electron chi connectivity index (χ4n) is 4.79. The average Bonchev–Trinajstić information content (AvgIpc) is 2.41. The molecule has 0 saturated heterocycles. The molecule has 0 aliphatic heterocycles. The van der Waals surface area contributed by atoms with Crippen LogP contribution >= 0.6 is 0 Å². The van der Waals surface area contributed by atoms with Gasteiger partial charge >= 0.3 is 0 Å². The van der Waals surface area contributed by atoms with Crippen LogP contribution in [0, 0.1) is 5.41 Å². The first-order valence-electron chi connectivity index (χ1n) is 11.7. The molecule has 6 heteroatoms. The van der Waals surface area contributed by atoms with Gasteiger partial charge in [0.1, 0.15) is 0 Å². The first-order valence-corrected chi connectivity index (χ1v) is 20.6. The van der Waals surface area contributed by atoms with Crippen LogP contribution in [0.4, 0.5) is 0 Å². The highest BCUT2D eigenvalue weighted by Gasteiger charge is 2.51. The molecule has 0 aromatic heterocycles. The summed E-state index contributed by atoms with van der Waals surface area (Å²) in [4.78, 5) is 0. The van der Waals surface area contributed by atoms with Crippen molar-refractivity contribution in [3.05, 3.63) is 0 Å². The van der Waals surface area contributed by atoms with Gasteiger partial charge in [-0.2, -0.15) is 0 Å². The van der Waals surface area contributed by atoms with Crippen LogP contribution in [-0.4, -0.2) is 43.3 Å². The van der Waals surface area contributed by atoms with Gasteiger partial charge in [0, 0.05) is 0 Å². The predicted molar refractivity (Wildman–Crippen MR) is 137 cm³/mol. The highest BCUT2D eigenvalue weighted by Crippen LogP contribution is 2.45. The summed E-state index contributed by atoms with van der Waals surface area (Å²) < 4.78 is 20.9. The van der Waals surface area contributed by atoms with Crippen molar-refractivity contribution in [2.24, 2.45) is 5.41 Å². The Bertz CT molecular complexity index is 463. The van der Waals surface area contributed by atoms with Crippen LogP contribution in [0.1, 0.15) is 69.2 Å². The third-order valence-electron chi connectivity index (χ3n) is 5.68. The summed E-state index contributed by atoms with van der Waals surface area (Å²) in [5.74, 6) is 0. The van der Waals surface area contributed by atoms with Crippen LogP contribution in [0.25, 0.3) is 0 Å². The smallest absolute Gasteiger partial charge is 0.201 e. The summed E-state index contributed by atoms with van der Waals surface area (Å²) in [6, 6.07) is 0. The zero-order valence-electron chi connectivity index (χ0n) is 22.7. The van der Waals surface area contributed by atoms with Gasteiger partial charge in [0.2, 0.25) is 8.32 Å². The molecule has 0 aliphatic carbocycles. The van der Waals surface area contributed by atoms with Gasteiger partial charge in [-0.15, -0.1) is 0 Å². The Morgan fingerprint density at radius 1 is 0.552 bits per heavy atom. The van der Waals surface area contributed by atoms with Gasteiger partial charge in [0.25, 0.3) is 0 Å². The largest absolute Gasteiger partial charge is 0.412 e. The van der Waals surface area contributed by atoms with Crippen LogP contribution in [0.5, 0.6) is 0 Å². The van der Waals surface area contributed by atoms with Crippen molar-refractivity contribution in [1.29, 1.82) is 0 Å². The summed E-state index contributed by atoms with van der Waals surface area (Å²) in [6.45, 7) is 36.9. The van der Waals surface area contributed by atoms with E-state index in [1.807, 2.05) is 0 Å². The van der Waals surface area contributed by atoms with Gasteiger partial charge in [-0.3, -0.25) is 0 Å². The topological polar surface area (TPSA) is 27.7 Å². The monoisotopic (exact) mass is 462 g/mol. The molecular weight excluding hydrogens is 409 g/mol. The zero-order chi connectivity index (χ0) is 23.6. The van der Waals surface area contributed by atoms with Crippen molar-refractivity contribution in [2.45, 2.75) is 143 Å². The maximum Gasteiger partial charge on any atom is 0.201 e. The molecule has 0 amide bonds. The zero-order valence-corrected chi connectivity index (χ0v) is 25.7. The van der Waals surface area contributed by atoms with Gasteiger partial charge in [-0.05, 0) is 68.2 Å². The Labute approximate surface area is 187 Å². The van der Waals surface area contributed by atoms with Crippen LogP contribution in [0.2, 0.25) is 55.9 Å². The molecule has 0 fully saturated rings. The number of hydrogen-bond donors (Lipinski definition) is 0. The van der Waals surface area contributed by atoms with E-state index in [-0.39, 0.29) is 23.7 Å². The molecule has 3 atom stereocenters. The normalized spacial score (nSPS) is 17.9. The van der Waals surface area contributed by atoms with Crippen LogP contribution < -0.4 is 0 Å². The van der Waals surface area contributed by atoms with Crippen LogP contribution in [0.3, 0.4) is 0 Å². The number of rotatable bonds is 11. The highest BCUT2D eigenvalue weighted by atomic mass is 28.4.